The number of carbonyl (C=O) groups is 1. The number of rotatable bonds is 4. The summed E-state index contributed by atoms with van der Waals surface area (Å²) in [6.07, 6.45) is 0.541. The monoisotopic (exact) mass is 376 g/mol. The van der Waals surface area contributed by atoms with Gasteiger partial charge in [-0.05, 0) is 18.2 Å². The van der Waals surface area contributed by atoms with Crippen molar-refractivity contribution in [3.63, 3.8) is 0 Å². The standard InChI is InChI=1S/C16H21ClN8O/c17-12-8-11(1-2-13(12)24-5-3-19-4-6-24)25-9-10(20-16(25)26)7-14-21-15(18)23-22-14/h1-2,8,10,19H,3-7,9H2,(H,20,26)(H3,18,21,22,23). The largest absolute Gasteiger partial charge is 0.368 e. The summed E-state index contributed by atoms with van der Waals surface area (Å²) in [6, 6.07) is 5.57. The highest BCUT2D eigenvalue weighted by Crippen LogP contribution is 2.31. The van der Waals surface area contributed by atoms with Crippen LogP contribution < -0.4 is 26.2 Å². The molecule has 26 heavy (non-hydrogen) atoms. The Balaban J connectivity index is 1.46. The van der Waals surface area contributed by atoms with E-state index in [1.54, 1.807) is 4.90 Å². The zero-order valence-electron chi connectivity index (χ0n) is 14.2. The first-order valence-electron chi connectivity index (χ1n) is 8.60. The van der Waals surface area contributed by atoms with Gasteiger partial charge in [0, 0.05) is 44.8 Å². The molecular formula is C16H21ClN8O. The summed E-state index contributed by atoms with van der Waals surface area (Å²) < 4.78 is 0. The van der Waals surface area contributed by atoms with E-state index in [-0.39, 0.29) is 18.0 Å². The minimum Gasteiger partial charge on any atom is -0.368 e. The molecule has 2 amide bonds. The molecule has 0 spiro atoms. The second-order valence-corrected chi connectivity index (χ2v) is 6.88. The molecule has 0 bridgehead atoms. The van der Waals surface area contributed by atoms with Crippen LogP contribution in [0, 0.1) is 0 Å². The molecule has 1 atom stereocenters. The Hall–Kier alpha value is -2.52. The van der Waals surface area contributed by atoms with Gasteiger partial charge in [-0.3, -0.25) is 10.00 Å². The summed E-state index contributed by atoms with van der Waals surface area (Å²) in [5, 5.41) is 13.5. The molecule has 0 aliphatic carbocycles. The van der Waals surface area contributed by atoms with E-state index in [4.69, 9.17) is 17.3 Å². The highest BCUT2D eigenvalue weighted by Gasteiger charge is 2.31. The third kappa shape index (κ3) is 3.40. The second-order valence-electron chi connectivity index (χ2n) is 6.47. The number of H-pyrrole nitrogens is 1. The van der Waals surface area contributed by atoms with Crippen LogP contribution in [0.5, 0.6) is 0 Å². The molecule has 2 aliphatic rings. The summed E-state index contributed by atoms with van der Waals surface area (Å²) >= 11 is 6.50. The first-order chi connectivity index (χ1) is 12.6. The van der Waals surface area contributed by atoms with Crippen LogP contribution in [0.15, 0.2) is 18.2 Å². The van der Waals surface area contributed by atoms with Crippen LogP contribution in [0.3, 0.4) is 0 Å². The third-order valence-corrected chi connectivity index (χ3v) is 4.97. The van der Waals surface area contributed by atoms with Gasteiger partial charge in [0.25, 0.3) is 0 Å². The Morgan fingerprint density at radius 2 is 2.12 bits per heavy atom. The lowest BCUT2D eigenvalue weighted by molar-refractivity contribution is 0.251. The Kier molecular flexibility index (Phi) is 4.56. The van der Waals surface area contributed by atoms with Gasteiger partial charge in [0.2, 0.25) is 5.95 Å². The first kappa shape index (κ1) is 16.9. The van der Waals surface area contributed by atoms with Crippen molar-refractivity contribution in [1.82, 2.24) is 25.8 Å². The number of nitrogen functional groups attached to an aromatic ring is 1. The Labute approximate surface area is 155 Å². The molecule has 5 N–H and O–H groups in total. The molecule has 2 saturated heterocycles. The van der Waals surface area contributed by atoms with E-state index in [9.17, 15) is 4.79 Å². The number of carbonyl (C=O) groups excluding carboxylic acids is 1. The number of halogens is 1. The lowest BCUT2D eigenvalue weighted by atomic mass is 10.2. The zero-order valence-corrected chi connectivity index (χ0v) is 15.0. The topological polar surface area (TPSA) is 115 Å². The van der Waals surface area contributed by atoms with E-state index < -0.39 is 0 Å². The first-order valence-corrected chi connectivity index (χ1v) is 8.98. The third-order valence-electron chi connectivity index (χ3n) is 4.67. The predicted octanol–water partition coefficient (Wildman–Crippen LogP) is 0.591. The van der Waals surface area contributed by atoms with Crippen molar-refractivity contribution in [2.45, 2.75) is 12.5 Å². The molecule has 2 fully saturated rings. The van der Waals surface area contributed by atoms with Gasteiger partial charge in [0.1, 0.15) is 5.82 Å². The molecule has 1 aromatic carbocycles. The normalized spacial score (nSPS) is 20.5. The average Bonchev–Trinajstić information content (AvgIpc) is 3.21. The number of nitrogens with one attached hydrogen (secondary N) is 3. The number of anilines is 3. The molecule has 10 heteroatoms. The summed E-state index contributed by atoms with van der Waals surface area (Å²) in [4.78, 5) is 20.4. The molecule has 0 saturated carbocycles. The lowest BCUT2D eigenvalue weighted by Crippen LogP contribution is -2.43. The van der Waals surface area contributed by atoms with Crippen molar-refractivity contribution >= 4 is 35.0 Å². The fourth-order valence-electron chi connectivity index (χ4n) is 3.40. The van der Waals surface area contributed by atoms with Crippen molar-refractivity contribution in [2.24, 2.45) is 0 Å². The van der Waals surface area contributed by atoms with Gasteiger partial charge in [-0.1, -0.05) is 11.6 Å². The van der Waals surface area contributed by atoms with Gasteiger partial charge in [-0.2, -0.15) is 4.98 Å². The summed E-state index contributed by atoms with van der Waals surface area (Å²) in [5.41, 5.74) is 7.31. The van der Waals surface area contributed by atoms with Crippen molar-refractivity contribution in [1.29, 1.82) is 0 Å². The van der Waals surface area contributed by atoms with Crippen molar-refractivity contribution in [3.05, 3.63) is 29.0 Å². The van der Waals surface area contributed by atoms with Crippen molar-refractivity contribution in [3.8, 4) is 0 Å². The summed E-state index contributed by atoms with van der Waals surface area (Å²) in [5.74, 6) is 0.859. The number of nitrogens with zero attached hydrogens (tertiary/aromatic N) is 4. The van der Waals surface area contributed by atoms with E-state index in [2.05, 4.69) is 30.7 Å². The fraction of sp³-hybridized carbons (Fsp3) is 0.438. The maximum absolute atomic E-state index is 12.4. The molecule has 1 unspecified atom stereocenters. The van der Waals surface area contributed by atoms with Gasteiger partial charge >= 0.3 is 6.03 Å². The molecule has 1 aromatic heterocycles. The van der Waals surface area contributed by atoms with Crippen LogP contribution >= 0.6 is 11.6 Å². The highest BCUT2D eigenvalue weighted by atomic mass is 35.5. The smallest absolute Gasteiger partial charge is 0.322 e. The highest BCUT2D eigenvalue weighted by molar-refractivity contribution is 6.33. The van der Waals surface area contributed by atoms with E-state index >= 15 is 0 Å². The Bertz CT molecular complexity index is 803. The van der Waals surface area contributed by atoms with Crippen LogP contribution in [0.25, 0.3) is 0 Å². The molecule has 0 radical (unpaired) electrons. The summed E-state index contributed by atoms with van der Waals surface area (Å²) in [6.45, 7) is 4.26. The predicted molar refractivity (Wildman–Crippen MR) is 101 cm³/mol. The maximum Gasteiger partial charge on any atom is 0.322 e. The molecule has 4 rings (SSSR count). The Morgan fingerprint density at radius 1 is 1.31 bits per heavy atom. The SMILES string of the molecule is Nc1n[nH]c(CC2CN(c3ccc(N4CCNCC4)c(Cl)c3)C(=O)N2)n1. The number of urea groups is 1. The van der Waals surface area contributed by atoms with Crippen LogP contribution in [0.2, 0.25) is 5.02 Å². The number of hydrogen-bond donors (Lipinski definition) is 4. The van der Waals surface area contributed by atoms with E-state index in [1.807, 2.05) is 18.2 Å². The number of nitrogens with two attached hydrogens (primary N) is 1. The molecule has 2 aliphatic heterocycles. The van der Waals surface area contributed by atoms with Gasteiger partial charge in [-0.15, -0.1) is 5.10 Å². The minimum absolute atomic E-state index is 0.0681. The van der Waals surface area contributed by atoms with E-state index in [0.29, 0.717) is 23.8 Å². The molecule has 2 aromatic rings. The van der Waals surface area contributed by atoms with E-state index in [0.717, 1.165) is 37.6 Å². The molecule has 138 valence electrons. The van der Waals surface area contributed by atoms with Crippen LogP contribution in [-0.4, -0.2) is 60.0 Å². The quantitative estimate of drug-likeness (QED) is 0.621. The molecular weight excluding hydrogens is 356 g/mol. The van der Waals surface area contributed by atoms with E-state index in [1.165, 1.54) is 0 Å². The number of piperazine rings is 1. The lowest BCUT2D eigenvalue weighted by Gasteiger charge is -2.30. The number of hydrogen-bond acceptors (Lipinski definition) is 6. The fourth-order valence-corrected chi connectivity index (χ4v) is 3.69. The second kappa shape index (κ2) is 7.00. The average molecular weight is 377 g/mol. The van der Waals surface area contributed by atoms with Crippen molar-refractivity contribution in [2.75, 3.05) is 48.3 Å². The van der Waals surface area contributed by atoms with Gasteiger partial charge in [0.05, 0.1) is 16.8 Å². The van der Waals surface area contributed by atoms with Gasteiger partial charge in [-0.25, -0.2) is 4.79 Å². The van der Waals surface area contributed by atoms with Crippen LogP contribution in [0.4, 0.5) is 22.1 Å². The number of aromatic nitrogens is 3. The molecule has 3 heterocycles. The van der Waals surface area contributed by atoms with Gasteiger partial charge < -0.3 is 21.3 Å². The van der Waals surface area contributed by atoms with Crippen LogP contribution in [0.1, 0.15) is 5.82 Å². The van der Waals surface area contributed by atoms with Crippen molar-refractivity contribution < 1.29 is 4.79 Å². The minimum atomic E-state index is -0.145. The number of benzene rings is 1. The maximum atomic E-state index is 12.4. The zero-order chi connectivity index (χ0) is 18.1. The number of aromatic amines is 1. The van der Waals surface area contributed by atoms with Gasteiger partial charge in [0.15, 0.2) is 0 Å². The Morgan fingerprint density at radius 3 is 2.81 bits per heavy atom. The molecule has 9 nitrogen and oxygen atoms in total. The summed E-state index contributed by atoms with van der Waals surface area (Å²) in [7, 11) is 0. The number of amides is 2. The van der Waals surface area contributed by atoms with Crippen LogP contribution in [-0.2, 0) is 6.42 Å².